The second kappa shape index (κ2) is 9.23. The molecule has 7 heteroatoms. The normalized spacial score (nSPS) is 15.9. The number of methoxy groups -OCH3 is 1. The Balaban J connectivity index is 1.52. The monoisotopic (exact) mass is 396 g/mol. The Labute approximate surface area is 169 Å². The van der Waals surface area contributed by atoms with Gasteiger partial charge in [0.1, 0.15) is 5.75 Å². The van der Waals surface area contributed by atoms with Crippen molar-refractivity contribution in [1.29, 1.82) is 0 Å². The first-order valence-corrected chi connectivity index (χ1v) is 9.40. The summed E-state index contributed by atoms with van der Waals surface area (Å²) in [4.78, 5) is 38.3. The van der Waals surface area contributed by atoms with Crippen LogP contribution in [0.15, 0.2) is 48.5 Å². The van der Waals surface area contributed by atoms with Crippen molar-refractivity contribution in [3.63, 3.8) is 0 Å². The molecule has 1 aliphatic heterocycles. The fourth-order valence-electron chi connectivity index (χ4n) is 3.21. The highest BCUT2D eigenvalue weighted by Gasteiger charge is 2.37. The van der Waals surface area contributed by atoms with E-state index in [0.717, 1.165) is 11.1 Å². The molecule has 0 aliphatic carbocycles. The van der Waals surface area contributed by atoms with Gasteiger partial charge in [-0.25, -0.2) is 0 Å². The first kappa shape index (κ1) is 20.4. The smallest absolute Gasteiger partial charge is 0.311 e. The Bertz CT molecular complexity index is 897. The number of ether oxygens (including phenoxy) is 2. The van der Waals surface area contributed by atoms with Gasteiger partial charge in [-0.2, -0.15) is 0 Å². The van der Waals surface area contributed by atoms with Crippen molar-refractivity contribution < 1.29 is 23.9 Å². The van der Waals surface area contributed by atoms with E-state index in [1.807, 2.05) is 49.4 Å². The first-order chi connectivity index (χ1) is 14.0. The van der Waals surface area contributed by atoms with E-state index in [2.05, 4.69) is 5.32 Å². The molecule has 1 saturated heterocycles. The number of nitrogens with one attached hydrogen (secondary N) is 1. The van der Waals surface area contributed by atoms with E-state index < -0.39 is 11.9 Å². The molecule has 0 spiro atoms. The zero-order valence-corrected chi connectivity index (χ0v) is 16.5. The van der Waals surface area contributed by atoms with Crippen molar-refractivity contribution in [2.45, 2.75) is 19.9 Å². The largest absolute Gasteiger partial charge is 0.495 e. The van der Waals surface area contributed by atoms with E-state index in [9.17, 15) is 14.4 Å². The highest BCUT2D eigenvalue weighted by Crippen LogP contribution is 2.34. The van der Waals surface area contributed by atoms with Gasteiger partial charge in [0.05, 0.1) is 18.7 Å². The lowest BCUT2D eigenvalue weighted by Crippen LogP contribution is -2.31. The molecule has 2 aromatic rings. The summed E-state index contributed by atoms with van der Waals surface area (Å²) in [5.41, 5.74) is 2.57. The average Bonchev–Trinajstić information content (AvgIpc) is 3.12. The van der Waals surface area contributed by atoms with Gasteiger partial charge in [-0.3, -0.25) is 14.4 Å². The molecule has 1 heterocycles. The minimum atomic E-state index is -0.616. The first-order valence-electron chi connectivity index (χ1n) is 9.40. The van der Waals surface area contributed by atoms with Crippen LogP contribution in [0.2, 0.25) is 0 Å². The highest BCUT2D eigenvalue weighted by molar-refractivity contribution is 6.00. The number of aryl methyl sites for hydroxylation is 1. The van der Waals surface area contributed by atoms with Crippen LogP contribution >= 0.6 is 0 Å². The minimum Gasteiger partial charge on any atom is -0.495 e. The maximum Gasteiger partial charge on any atom is 0.311 e. The molecule has 0 saturated carbocycles. The lowest BCUT2D eigenvalue weighted by Gasteiger charge is -2.20. The summed E-state index contributed by atoms with van der Waals surface area (Å²) < 4.78 is 10.5. The Morgan fingerprint density at radius 1 is 1.17 bits per heavy atom. The van der Waals surface area contributed by atoms with Crippen molar-refractivity contribution in [3.8, 4) is 5.75 Å². The van der Waals surface area contributed by atoms with Gasteiger partial charge in [0.25, 0.3) is 5.91 Å². The van der Waals surface area contributed by atoms with Crippen molar-refractivity contribution in [2.24, 2.45) is 5.92 Å². The second-order valence-corrected chi connectivity index (χ2v) is 6.95. The van der Waals surface area contributed by atoms with E-state index in [4.69, 9.17) is 9.47 Å². The molecule has 1 N–H and O–H groups in total. The number of rotatable bonds is 7. The number of anilines is 1. The third kappa shape index (κ3) is 5.13. The summed E-state index contributed by atoms with van der Waals surface area (Å²) in [6.07, 6.45) is 0.0432. The number of carbonyl (C=O) groups is 3. The molecule has 0 bridgehead atoms. The molecule has 7 nitrogen and oxygen atoms in total. The maximum absolute atomic E-state index is 12.4. The molecule has 2 aromatic carbocycles. The molecule has 152 valence electrons. The molecule has 1 aliphatic rings. The van der Waals surface area contributed by atoms with Gasteiger partial charge in [-0.05, 0) is 30.2 Å². The van der Waals surface area contributed by atoms with Crippen molar-refractivity contribution in [2.75, 3.05) is 25.2 Å². The fraction of sp³-hybridized carbons (Fsp3) is 0.318. The molecule has 2 amide bonds. The molecule has 1 atom stereocenters. The molecule has 29 heavy (non-hydrogen) atoms. The number of nitrogens with zero attached hydrogens (tertiary/aromatic N) is 1. The van der Waals surface area contributed by atoms with Crippen LogP contribution in [0, 0.1) is 12.8 Å². The topological polar surface area (TPSA) is 84.9 Å². The maximum atomic E-state index is 12.4. The molecule has 0 unspecified atom stereocenters. The average molecular weight is 396 g/mol. The second-order valence-electron chi connectivity index (χ2n) is 6.95. The van der Waals surface area contributed by atoms with Gasteiger partial charge in [-0.1, -0.05) is 36.4 Å². The zero-order chi connectivity index (χ0) is 20.8. The molecule has 0 aromatic heterocycles. The molecule has 0 radical (unpaired) electrons. The Kier molecular flexibility index (Phi) is 6.49. The number of esters is 1. The molecular formula is C22H24N2O5. The molecular weight excluding hydrogens is 372 g/mol. The fourth-order valence-corrected chi connectivity index (χ4v) is 3.21. The van der Waals surface area contributed by atoms with Gasteiger partial charge < -0.3 is 19.7 Å². The summed E-state index contributed by atoms with van der Waals surface area (Å²) in [5.74, 6) is -1.16. The van der Waals surface area contributed by atoms with Crippen LogP contribution in [-0.2, 0) is 25.7 Å². The minimum absolute atomic E-state index is 0.0432. The van der Waals surface area contributed by atoms with Crippen LogP contribution in [0.1, 0.15) is 17.5 Å². The van der Waals surface area contributed by atoms with Gasteiger partial charge >= 0.3 is 5.97 Å². The summed E-state index contributed by atoms with van der Waals surface area (Å²) >= 11 is 0. The van der Waals surface area contributed by atoms with E-state index in [0.29, 0.717) is 18.0 Å². The number of hydrogen-bond donors (Lipinski definition) is 1. The lowest BCUT2D eigenvalue weighted by atomic mass is 10.1. The predicted molar refractivity (Wildman–Crippen MR) is 107 cm³/mol. The summed E-state index contributed by atoms with van der Waals surface area (Å²) in [5, 5.41) is 2.70. The lowest BCUT2D eigenvalue weighted by molar-refractivity contribution is -0.152. The summed E-state index contributed by atoms with van der Waals surface area (Å²) in [6.45, 7) is 2.11. The van der Waals surface area contributed by atoms with Crippen LogP contribution in [0.5, 0.6) is 5.75 Å². The third-order valence-electron chi connectivity index (χ3n) is 4.76. The van der Waals surface area contributed by atoms with Crippen LogP contribution in [0.3, 0.4) is 0 Å². The van der Waals surface area contributed by atoms with E-state index in [1.165, 1.54) is 12.0 Å². The number of carbonyl (C=O) groups excluding carboxylic acids is 3. The Morgan fingerprint density at radius 2 is 1.93 bits per heavy atom. The molecule has 3 rings (SSSR count). The molecule has 1 fully saturated rings. The number of hydrogen-bond acceptors (Lipinski definition) is 5. The predicted octanol–water partition coefficient (Wildman–Crippen LogP) is 2.22. The third-order valence-corrected chi connectivity index (χ3v) is 4.76. The summed E-state index contributed by atoms with van der Waals surface area (Å²) in [6, 6.07) is 15.0. The van der Waals surface area contributed by atoms with E-state index in [1.54, 1.807) is 6.07 Å². The highest BCUT2D eigenvalue weighted by atomic mass is 16.5. The van der Waals surface area contributed by atoms with Crippen molar-refractivity contribution >= 4 is 23.5 Å². The summed E-state index contributed by atoms with van der Waals surface area (Å²) in [7, 11) is 1.54. The van der Waals surface area contributed by atoms with Gasteiger partial charge in [0, 0.05) is 19.5 Å². The van der Waals surface area contributed by atoms with Gasteiger partial charge in [0.15, 0.2) is 6.61 Å². The van der Waals surface area contributed by atoms with Gasteiger partial charge in [-0.15, -0.1) is 0 Å². The standard InChI is InChI=1S/C22H24N2O5/c1-15-8-9-19(28-2)18(10-15)24-13-17(11-21(24)26)22(27)29-14-20(25)23-12-16-6-4-3-5-7-16/h3-10,17H,11-14H2,1-2H3,(H,23,25)/t17-/m0/s1. The van der Waals surface area contributed by atoms with Crippen LogP contribution in [-0.4, -0.2) is 38.0 Å². The van der Waals surface area contributed by atoms with E-state index >= 15 is 0 Å². The Hall–Kier alpha value is -3.35. The van der Waals surface area contributed by atoms with Gasteiger partial charge in [0.2, 0.25) is 5.91 Å². The van der Waals surface area contributed by atoms with Crippen molar-refractivity contribution in [1.82, 2.24) is 5.32 Å². The van der Waals surface area contributed by atoms with Crippen LogP contribution in [0.4, 0.5) is 5.69 Å². The van der Waals surface area contributed by atoms with Crippen LogP contribution < -0.4 is 15.0 Å². The zero-order valence-electron chi connectivity index (χ0n) is 16.5. The van der Waals surface area contributed by atoms with Crippen molar-refractivity contribution in [3.05, 3.63) is 59.7 Å². The SMILES string of the molecule is COc1ccc(C)cc1N1C[C@@H](C(=O)OCC(=O)NCc2ccccc2)CC1=O. The van der Waals surface area contributed by atoms with Crippen LogP contribution in [0.25, 0.3) is 0 Å². The Morgan fingerprint density at radius 3 is 2.66 bits per heavy atom. The van der Waals surface area contributed by atoms with E-state index in [-0.39, 0.29) is 31.4 Å². The number of benzene rings is 2. The number of amides is 2. The quantitative estimate of drug-likeness (QED) is 0.726.